The number of fused-ring (bicyclic) bond motifs is 1. The van der Waals surface area contributed by atoms with Crippen LogP contribution in [-0.4, -0.2) is 36.8 Å². The molecule has 0 bridgehead atoms. The highest BCUT2D eigenvalue weighted by molar-refractivity contribution is 6.06. The SMILES string of the molecule is CCOC(=O)c1c(OC2CCNCC2)ccc2cnccc12. The van der Waals surface area contributed by atoms with Crippen LogP contribution in [0.4, 0.5) is 0 Å². The number of ether oxygens (including phenoxy) is 2. The second-order valence-electron chi connectivity index (χ2n) is 5.32. The van der Waals surface area contributed by atoms with Gasteiger partial charge in [-0.2, -0.15) is 0 Å². The van der Waals surface area contributed by atoms with E-state index < -0.39 is 0 Å². The highest BCUT2D eigenvalue weighted by Gasteiger charge is 2.21. The minimum Gasteiger partial charge on any atom is -0.489 e. The van der Waals surface area contributed by atoms with Crippen LogP contribution in [-0.2, 0) is 4.74 Å². The predicted octanol–water partition coefficient (Wildman–Crippen LogP) is 2.54. The van der Waals surface area contributed by atoms with Gasteiger partial charge in [0, 0.05) is 23.2 Å². The van der Waals surface area contributed by atoms with E-state index in [1.165, 1.54) is 0 Å². The number of hydrogen-bond donors (Lipinski definition) is 1. The molecule has 2 heterocycles. The van der Waals surface area contributed by atoms with Gasteiger partial charge in [-0.15, -0.1) is 0 Å². The fourth-order valence-electron chi connectivity index (χ4n) is 2.75. The Balaban J connectivity index is 2.00. The van der Waals surface area contributed by atoms with Crippen molar-refractivity contribution in [2.45, 2.75) is 25.9 Å². The molecule has 2 aromatic rings. The first kappa shape index (κ1) is 14.8. The molecular weight excluding hydrogens is 280 g/mol. The van der Waals surface area contributed by atoms with E-state index in [2.05, 4.69) is 10.3 Å². The second-order valence-corrected chi connectivity index (χ2v) is 5.32. The van der Waals surface area contributed by atoms with Crippen molar-refractivity contribution >= 4 is 16.7 Å². The third-order valence-corrected chi connectivity index (χ3v) is 3.84. The Morgan fingerprint density at radius 1 is 1.32 bits per heavy atom. The summed E-state index contributed by atoms with van der Waals surface area (Å²) >= 11 is 0. The molecule has 1 N–H and O–H groups in total. The highest BCUT2D eigenvalue weighted by atomic mass is 16.5. The lowest BCUT2D eigenvalue weighted by molar-refractivity contribution is 0.0520. The van der Waals surface area contributed by atoms with Crippen LogP contribution in [0, 0.1) is 0 Å². The minimum absolute atomic E-state index is 0.133. The normalized spacial score (nSPS) is 15.7. The number of rotatable bonds is 4. The Kier molecular flexibility index (Phi) is 4.53. The van der Waals surface area contributed by atoms with E-state index in [0.717, 1.165) is 36.7 Å². The van der Waals surface area contributed by atoms with E-state index in [9.17, 15) is 4.79 Å². The summed E-state index contributed by atoms with van der Waals surface area (Å²) < 4.78 is 11.3. The van der Waals surface area contributed by atoms with Gasteiger partial charge in [0.2, 0.25) is 0 Å². The molecule has 22 heavy (non-hydrogen) atoms. The van der Waals surface area contributed by atoms with E-state index in [-0.39, 0.29) is 12.1 Å². The molecule has 0 atom stereocenters. The quantitative estimate of drug-likeness (QED) is 0.879. The summed E-state index contributed by atoms with van der Waals surface area (Å²) in [7, 11) is 0. The Morgan fingerprint density at radius 3 is 2.91 bits per heavy atom. The number of nitrogens with one attached hydrogen (secondary N) is 1. The summed E-state index contributed by atoms with van der Waals surface area (Å²) in [4.78, 5) is 16.5. The van der Waals surface area contributed by atoms with E-state index in [0.29, 0.717) is 17.9 Å². The molecule has 0 radical (unpaired) electrons. The van der Waals surface area contributed by atoms with Crippen LogP contribution in [0.15, 0.2) is 30.6 Å². The van der Waals surface area contributed by atoms with Gasteiger partial charge in [0.1, 0.15) is 17.4 Å². The van der Waals surface area contributed by atoms with Crippen molar-refractivity contribution in [3.05, 3.63) is 36.2 Å². The van der Waals surface area contributed by atoms with E-state index in [1.807, 2.05) is 18.2 Å². The molecular formula is C17H20N2O3. The molecule has 0 amide bonds. The van der Waals surface area contributed by atoms with E-state index >= 15 is 0 Å². The van der Waals surface area contributed by atoms with Gasteiger partial charge in [0.25, 0.3) is 0 Å². The number of carbonyl (C=O) groups excluding carboxylic acids is 1. The zero-order valence-corrected chi connectivity index (χ0v) is 12.7. The maximum Gasteiger partial charge on any atom is 0.342 e. The van der Waals surface area contributed by atoms with E-state index in [1.54, 1.807) is 19.3 Å². The number of pyridine rings is 1. The first-order valence-electron chi connectivity index (χ1n) is 7.71. The molecule has 1 aromatic heterocycles. The zero-order valence-electron chi connectivity index (χ0n) is 12.7. The summed E-state index contributed by atoms with van der Waals surface area (Å²) in [6.45, 7) is 4.03. The lowest BCUT2D eigenvalue weighted by Gasteiger charge is -2.25. The number of piperidine rings is 1. The molecule has 0 unspecified atom stereocenters. The molecule has 0 spiro atoms. The third kappa shape index (κ3) is 3.04. The van der Waals surface area contributed by atoms with Gasteiger partial charge in [-0.25, -0.2) is 4.79 Å². The highest BCUT2D eigenvalue weighted by Crippen LogP contribution is 2.30. The molecule has 116 valence electrons. The topological polar surface area (TPSA) is 60.5 Å². The van der Waals surface area contributed by atoms with Crippen LogP contribution in [0.25, 0.3) is 10.8 Å². The average Bonchev–Trinajstić information content (AvgIpc) is 2.55. The molecule has 5 heteroatoms. The third-order valence-electron chi connectivity index (χ3n) is 3.84. The van der Waals surface area contributed by atoms with Crippen molar-refractivity contribution in [2.24, 2.45) is 0 Å². The van der Waals surface area contributed by atoms with Gasteiger partial charge in [0.05, 0.1) is 6.61 Å². The summed E-state index contributed by atoms with van der Waals surface area (Å²) in [5.74, 6) is 0.257. The Labute approximate surface area is 129 Å². The van der Waals surface area contributed by atoms with Crippen LogP contribution < -0.4 is 10.1 Å². The van der Waals surface area contributed by atoms with Gasteiger partial charge >= 0.3 is 5.97 Å². The second kappa shape index (κ2) is 6.75. The first-order chi connectivity index (χ1) is 10.8. The molecule has 3 rings (SSSR count). The van der Waals surface area contributed by atoms with Crippen molar-refractivity contribution in [3.8, 4) is 5.75 Å². The fourth-order valence-corrected chi connectivity index (χ4v) is 2.75. The Morgan fingerprint density at radius 2 is 2.14 bits per heavy atom. The number of benzene rings is 1. The number of aromatic nitrogens is 1. The number of esters is 1. The maximum atomic E-state index is 12.4. The van der Waals surface area contributed by atoms with Gasteiger partial charge in [-0.3, -0.25) is 4.98 Å². The van der Waals surface area contributed by atoms with Gasteiger partial charge in [0.15, 0.2) is 0 Å². The zero-order chi connectivity index (χ0) is 15.4. The first-order valence-corrected chi connectivity index (χ1v) is 7.71. The van der Waals surface area contributed by atoms with Crippen LogP contribution in [0.3, 0.4) is 0 Å². The van der Waals surface area contributed by atoms with E-state index in [4.69, 9.17) is 9.47 Å². The molecule has 1 aromatic carbocycles. The number of carbonyl (C=O) groups is 1. The van der Waals surface area contributed by atoms with Crippen molar-refractivity contribution in [3.63, 3.8) is 0 Å². The van der Waals surface area contributed by atoms with Crippen molar-refractivity contribution < 1.29 is 14.3 Å². The lowest BCUT2D eigenvalue weighted by atomic mass is 10.0. The maximum absolute atomic E-state index is 12.4. The lowest BCUT2D eigenvalue weighted by Crippen LogP contribution is -2.34. The smallest absolute Gasteiger partial charge is 0.342 e. The molecule has 0 saturated carbocycles. The van der Waals surface area contributed by atoms with Crippen molar-refractivity contribution in [1.82, 2.24) is 10.3 Å². The number of nitrogens with zero attached hydrogens (tertiary/aromatic N) is 1. The molecule has 5 nitrogen and oxygen atoms in total. The summed E-state index contributed by atoms with van der Waals surface area (Å²) in [6, 6.07) is 5.61. The van der Waals surface area contributed by atoms with Crippen LogP contribution in [0.1, 0.15) is 30.1 Å². The predicted molar refractivity (Wildman–Crippen MR) is 84.2 cm³/mol. The van der Waals surface area contributed by atoms with Crippen molar-refractivity contribution in [2.75, 3.05) is 19.7 Å². The summed E-state index contributed by atoms with van der Waals surface area (Å²) in [5.41, 5.74) is 0.500. The Bertz CT molecular complexity index is 666. The van der Waals surface area contributed by atoms with Crippen molar-refractivity contribution in [1.29, 1.82) is 0 Å². The fraction of sp³-hybridized carbons (Fsp3) is 0.412. The average molecular weight is 300 g/mol. The van der Waals surface area contributed by atoms with Crippen LogP contribution >= 0.6 is 0 Å². The summed E-state index contributed by atoms with van der Waals surface area (Å²) in [5, 5.41) is 5.03. The molecule has 1 aliphatic rings. The van der Waals surface area contributed by atoms with Gasteiger partial charge in [-0.1, -0.05) is 0 Å². The molecule has 0 aliphatic carbocycles. The van der Waals surface area contributed by atoms with Crippen LogP contribution in [0.5, 0.6) is 5.75 Å². The molecule has 1 aliphatic heterocycles. The van der Waals surface area contributed by atoms with Gasteiger partial charge in [-0.05, 0) is 51.1 Å². The monoisotopic (exact) mass is 300 g/mol. The Hall–Kier alpha value is -2.14. The molecule has 1 fully saturated rings. The largest absolute Gasteiger partial charge is 0.489 e. The number of hydrogen-bond acceptors (Lipinski definition) is 5. The summed E-state index contributed by atoms with van der Waals surface area (Å²) in [6.07, 6.45) is 5.44. The molecule has 1 saturated heterocycles. The standard InChI is InChI=1S/C17H20N2O3/c1-2-21-17(20)16-14-7-10-19-11-12(14)3-4-15(16)22-13-5-8-18-9-6-13/h3-4,7,10-11,13,18H,2,5-6,8-9H2,1H3. The van der Waals surface area contributed by atoms with Gasteiger partial charge < -0.3 is 14.8 Å². The minimum atomic E-state index is -0.344. The van der Waals surface area contributed by atoms with Crippen LogP contribution in [0.2, 0.25) is 0 Å².